The zero-order chi connectivity index (χ0) is 16.7. The summed E-state index contributed by atoms with van der Waals surface area (Å²) in [5, 5.41) is 7.00. The molecule has 3 rings (SSSR count). The summed E-state index contributed by atoms with van der Waals surface area (Å²) in [7, 11) is 2.68. The van der Waals surface area contributed by atoms with Gasteiger partial charge in [0.1, 0.15) is 5.75 Å². The number of anilines is 2. The summed E-state index contributed by atoms with van der Waals surface area (Å²) in [4.78, 5) is 5.10. The van der Waals surface area contributed by atoms with Crippen molar-refractivity contribution >= 4 is 11.4 Å². The number of methoxy groups -OCH3 is 1. The molecule has 1 saturated carbocycles. The van der Waals surface area contributed by atoms with Gasteiger partial charge < -0.3 is 20.5 Å². The number of rotatable bonds is 3. The van der Waals surface area contributed by atoms with Crippen LogP contribution in [0, 0.1) is 0 Å². The standard InChI is InChI=1S/C17H27N3O.CH4O/c1-21-15-7-8-17(16(18)13-15)20-11-9-19(10-12-20)14-5-3-2-4-6-14;1-2/h7-8,13-14H,2-6,9-12,18H2,1H3;2H,1H3. The van der Waals surface area contributed by atoms with Crippen molar-refractivity contribution < 1.29 is 9.84 Å². The molecule has 1 heterocycles. The van der Waals surface area contributed by atoms with E-state index < -0.39 is 0 Å². The lowest BCUT2D eigenvalue weighted by Crippen LogP contribution is -2.51. The smallest absolute Gasteiger partial charge is 0.121 e. The number of hydrogen-bond acceptors (Lipinski definition) is 5. The molecule has 0 amide bonds. The number of hydrogen-bond donors (Lipinski definition) is 2. The van der Waals surface area contributed by atoms with E-state index in [1.54, 1.807) is 7.11 Å². The average molecular weight is 321 g/mol. The Morgan fingerprint density at radius 3 is 2.26 bits per heavy atom. The van der Waals surface area contributed by atoms with Crippen LogP contribution < -0.4 is 15.4 Å². The Hall–Kier alpha value is -1.46. The van der Waals surface area contributed by atoms with Crippen LogP contribution in [0.4, 0.5) is 11.4 Å². The summed E-state index contributed by atoms with van der Waals surface area (Å²) in [5.41, 5.74) is 8.14. The maximum Gasteiger partial charge on any atom is 0.121 e. The average Bonchev–Trinajstić information content (AvgIpc) is 2.64. The minimum atomic E-state index is 0.820. The van der Waals surface area contributed by atoms with Crippen molar-refractivity contribution in [2.75, 3.05) is 51.0 Å². The highest BCUT2D eigenvalue weighted by molar-refractivity contribution is 5.69. The molecule has 0 radical (unpaired) electrons. The minimum Gasteiger partial charge on any atom is -0.497 e. The van der Waals surface area contributed by atoms with Crippen LogP contribution >= 0.6 is 0 Å². The lowest BCUT2D eigenvalue weighted by atomic mass is 9.94. The van der Waals surface area contributed by atoms with E-state index in [-0.39, 0.29) is 0 Å². The molecule has 0 aromatic heterocycles. The van der Waals surface area contributed by atoms with E-state index in [0.29, 0.717) is 0 Å². The topological polar surface area (TPSA) is 62.0 Å². The van der Waals surface area contributed by atoms with E-state index in [1.165, 1.54) is 32.1 Å². The molecule has 0 unspecified atom stereocenters. The fraction of sp³-hybridized carbons (Fsp3) is 0.667. The summed E-state index contributed by atoms with van der Waals surface area (Å²) in [6.07, 6.45) is 7.04. The normalized spacial score (nSPS) is 19.9. The lowest BCUT2D eigenvalue weighted by molar-refractivity contribution is 0.148. The third-order valence-electron chi connectivity index (χ3n) is 4.98. The molecular weight excluding hydrogens is 290 g/mol. The van der Waals surface area contributed by atoms with Crippen molar-refractivity contribution in [2.45, 2.75) is 38.1 Å². The van der Waals surface area contributed by atoms with Gasteiger partial charge in [-0.2, -0.15) is 0 Å². The van der Waals surface area contributed by atoms with Gasteiger partial charge in [-0.25, -0.2) is 0 Å². The Morgan fingerprint density at radius 1 is 1.04 bits per heavy atom. The maximum atomic E-state index is 7.00. The Kier molecular flexibility index (Phi) is 6.99. The molecule has 2 aliphatic rings. The molecule has 0 atom stereocenters. The van der Waals surface area contributed by atoms with Gasteiger partial charge in [0.05, 0.1) is 18.5 Å². The van der Waals surface area contributed by atoms with Crippen LogP contribution in [0.15, 0.2) is 18.2 Å². The van der Waals surface area contributed by atoms with Crippen molar-refractivity contribution in [1.82, 2.24) is 4.90 Å². The van der Waals surface area contributed by atoms with Gasteiger partial charge in [-0.15, -0.1) is 0 Å². The first-order valence-electron chi connectivity index (χ1n) is 8.65. The third kappa shape index (κ3) is 4.52. The first-order chi connectivity index (χ1) is 11.3. The molecule has 130 valence electrons. The zero-order valence-electron chi connectivity index (χ0n) is 14.5. The summed E-state index contributed by atoms with van der Waals surface area (Å²) >= 11 is 0. The SMILES string of the molecule is CO.COc1ccc(N2CCN(C3CCCCC3)CC2)c(N)c1. The molecule has 0 spiro atoms. The highest BCUT2D eigenvalue weighted by Crippen LogP contribution is 2.30. The quantitative estimate of drug-likeness (QED) is 0.837. The second-order valence-corrected chi connectivity index (χ2v) is 6.24. The third-order valence-corrected chi connectivity index (χ3v) is 4.98. The molecule has 1 aromatic rings. The number of ether oxygens (including phenoxy) is 1. The number of aliphatic hydroxyl groups is 1. The molecule has 5 nitrogen and oxygen atoms in total. The second kappa shape index (κ2) is 8.99. The number of benzene rings is 1. The maximum absolute atomic E-state index is 7.00. The predicted molar refractivity (Wildman–Crippen MR) is 96.2 cm³/mol. The van der Waals surface area contributed by atoms with E-state index in [1.807, 2.05) is 12.1 Å². The van der Waals surface area contributed by atoms with E-state index >= 15 is 0 Å². The van der Waals surface area contributed by atoms with Crippen LogP contribution in [0.3, 0.4) is 0 Å². The Morgan fingerprint density at radius 2 is 1.70 bits per heavy atom. The Labute approximate surface area is 140 Å². The van der Waals surface area contributed by atoms with Crippen molar-refractivity contribution in [3.8, 4) is 5.75 Å². The van der Waals surface area contributed by atoms with Gasteiger partial charge in [0.15, 0.2) is 0 Å². The van der Waals surface area contributed by atoms with E-state index in [9.17, 15) is 0 Å². The summed E-state index contributed by atoms with van der Waals surface area (Å²) in [5.74, 6) is 0.831. The van der Waals surface area contributed by atoms with Gasteiger partial charge in [0.25, 0.3) is 0 Å². The number of nitrogens with zero attached hydrogens (tertiary/aromatic N) is 2. The van der Waals surface area contributed by atoms with Crippen molar-refractivity contribution in [3.05, 3.63) is 18.2 Å². The lowest BCUT2D eigenvalue weighted by Gasteiger charge is -2.41. The highest BCUT2D eigenvalue weighted by Gasteiger charge is 2.25. The van der Waals surface area contributed by atoms with Gasteiger partial charge in [-0.1, -0.05) is 19.3 Å². The minimum absolute atomic E-state index is 0.820. The largest absolute Gasteiger partial charge is 0.497 e. The van der Waals surface area contributed by atoms with Gasteiger partial charge in [0.2, 0.25) is 0 Å². The summed E-state index contributed by atoms with van der Waals surface area (Å²) < 4.78 is 5.23. The Balaban J connectivity index is 0.000000924. The zero-order valence-corrected chi connectivity index (χ0v) is 14.5. The first kappa shape index (κ1) is 17.9. The molecule has 3 N–H and O–H groups in total. The molecule has 2 fully saturated rings. The van der Waals surface area contributed by atoms with Gasteiger partial charge in [0, 0.05) is 45.4 Å². The molecule has 1 aliphatic carbocycles. The van der Waals surface area contributed by atoms with Gasteiger partial charge in [-0.05, 0) is 25.0 Å². The van der Waals surface area contributed by atoms with Crippen LogP contribution in [0.1, 0.15) is 32.1 Å². The van der Waals surface area contributed by atoms with E-state index in [0.717, 1.165) is 56.5 Å². The van der Waals surface area contributed by atoms with Gasteiger partial charge >= 0.3 is 0 Å². The summed E-state index contributed by atoms with van der Waals surface area (Å²) in [6.45, 7) is 4.48. The monoisotopic (exact) mass is 321 g/mol. The van der Waals surface area contributed by atoms with Crippen LogP contribution in [0.25, 0.3) is 0 Å². The van der Waals surface area contributed by atoms with Crippen molar-refractivity contribution in [1.29, 1.82) is 0 Å². The fourth-order valence-electron chi connectivity index (χ4n) is 3.72. The fourth-order valence-corrected chi connectivity index (χ4v) is 3.72. The second-order valence-electron chi connectivity index (χ2n) is 6.24. The Bertz CT molecular complexity index is 467. The number of nitrogens with two attached hydrogens (primary N) is 1. The molecule has 1 aromatic carbocycles. The number of nitrogen functional groups attached to an aromatic ring is 1. The predicted octanol–water partition coefficient (Wildman–Crippen LogP) is 2.34. The molecule has 5 heteroatoms. The van der Waals surface area contributed by atoms with Crippen LogP contribution in [0.2, 0.25) is 0 Å². The number of aliphatic hydroxyl groups excluding tert-OH is 1. The van der Waals surface area contributed by atoms with Crippen molar-refractivity contribution in [3.63, 3.8) is 0 Å². The molecule has 23 heavy (non-hydrogen) atoms. The number of piperazine rings is 1. The molecule has 1 saturated heterocycles. The van der Waals surface area contributed by atoms with E-state index in [2.05, 4.69) is 15.9 Å². The molecule has 0 bridgehead atoms. The van der Waals surface area contributed by atoms with Crippen LogP contribution in [-0.4, -0.2) is 56.4 Å². The molecule has 1 aliphatic heterocycles. The first-order valence-corrected chi connectivity index (χ1v) is 8.65. The van der Waals surface area contributed by atoms with Crippen LogP contribution in [-0.2, 0) is 0 Å². The molecular formula is C18H31N3O2. The van der Waals surface area contributed by atoms with Crippen LogP contribution in [0.5, 0.6) is 5.75 Å². The van der Waals surface area contributed by atoms with Gasteiger partial charge in [-0.3, -0.25) is 4.90 Å². The summed E-state index contributed by atoms with van der Waals surface area (Å²) in [6, 6.07) is 6.83. The van der Waals surface area contributed by atoms with Crippen molar-refractivity contribution in [2.24, 2.45) is 0 Å². The van der Waals surface area contributed by atoms with E-state index in [4.69, 9.17) is 15.6 Å². The highest BCUT2D eigenvalue weighted by atomic mass is 16.5.